The zero-order valence-electron chi connectivity index (χ0n) is 8.87. The van der Waals surface area contributed by atoms with E-state index in [9.17, 15) is 5.11 Å². The van der Waals surface area contributed by atoms with Crippen molar-refractivity contribution in [3.05, 3.63) is 0 Å². The van der Waals surface area contributed by atoms with Crippen LogP contribution in [0, 0.1) is 28.6 Å². The fraction of sp³-hybridized carbons (Fsp3) is 0.917. The van der Waals surface area contributed by atoms with Crippen molar-refractivity contribution in [1.29, 1.82) is 5.26 Å². The van der Waals surface area contributed by atoms with Crippen LogP contribution in [-0.2, 0) is 0 Å². The molecular weight excluding hydrogens is 174 g/mol. The first-order chi connectivity index (χ1) is 6.65. The molecule has 0 saturated heterocycles. The third-order valence-electron chi connectivity index (χ3n) is 4.29. The minimum absolute atomic E-state index is 0.101. The lowest BCUT2D eigenvalue weighted by molar-refractivity contribution is -0.0353. The van der Waals surface area contributed by atoms with Crippen LogP contribution in [0.1, 0.15) is 45.4 Å². The molecule has 14 heavy (non-hydrogen) atoms. The second-order valence-corrected chi connectivity index (χ2v) is 5.34. The topological polar surface area (TPSA) is 44.0 Å². The Kier molecular flexibility index (Phi) is 2.53. The molecule has 0 aliphatic heterocycles. The maximum absolute atomic E-state index is 9.76. The van der Waals surface area contributed by atoms with Gasteiger partial charge in [-0.2, -0.15) is 5.26 Å². The van der Waals surface area contributed by atoms with E-state index < -0.39 is 0 Å². The molecular formula is C12H19NO. The Hall–Kier alpha value is -0.550. The summed E-state index contributed by atoms with van der Waals surface area (Å²) in [6, 6.07) is 2.40. The average molecular weight is 193 g/mol. The van der Waals surface area contributed by atoms with Crippen molar-refractivity contribution in [2.75, 3.05) is 0 Å². The smallest absolute Gasteiger partial charge is 0.0659 e. The van der Waals surface area contributed by atoms with Gasteiger partial charge in [0.25, 0.3) is 0 Å². The number of aliphatic hydroxyl groups excluding tert-OH is 1. The van der Waals surface area contributed by atoms with Gasteiger partial charge in [0, 0.05) is 0 Å². The highest BCUT2D eigenvalue weighted by Gasteiger charge is 2.46. The Balaban J connectivity index is 2.20. The Morgan fingerprint density at radius 1 is 1.43 bits per heavy atom. The molecule has 2 rings (SSSR count). The molecule has 78 valence electrons. The van der Waals surface area contributed by atoms with Gasteiger partial charge in [-0.1, -0.05) is 19.8 Å². The molecule has 2 fully saturated rings. The molecule has 0 aromatic heterocycles. The summed E-state index contributed by atoms with van der Waals surface area (Å²) in [6.45, 7) is 2.27. The maximum Gasteiger partial charge on any atom is 0.0659 e. The van der Waals surface area contributed by atoms with Crippen LogP contribution in [0.2, 0.25) is 0 Å². The zero-order chi connectivity index (χ0) is 10.2. The van der Waals surface area contributed by atoms with Gasteiger partial charge in [-0.15, -0.1) is 0 Å². The summed E-state index contributed by atoms with van der Waals surface area (Å²) in [5.74, 6) is 0.647. The van der Waals surface area contributed by atoms with Gasteiger partial charge in [0.15, 0.2) is 0 Å². The summed E-state index contributed by atoms with van der Waals surface area (Å²) in [7, 11) is 0. The van der Waals surface area contributed by atoms with Crippen LogP contribution in [0.15, 0.2) is 0 Å². The molecule has 0 bridgehead atoms. The van der Waals surface area contributed by atoms with Crippen LogP contribution in [0.4, 0.5) is 0 Å². The lowest BCUT2D eigenvalue weighted by Gasteiger charge is -2.48. The first-order valence-corrected chi connectivity index (χ1v) is 5.73. The third kappa shape index (κ3) is 1.54. The molecule has 2 heteroatoms. The second-order valence-electron chi connectivity index (χ2n) is 5.34. The van der Waals surface area contributed by atoms with Crippen molar-refractivity contribution >= 4 is 0 Å². The van der Waals surface area contributed by atoms with Crippen molar-refractivity contribution in [2.24, 2.45) is 17.3 Å². The minimum atomic E-state index is -0.237. The molecule has 4 atom stereocenters. The van der Waals surface area contributed by atoms with Crippen molar-refractivity contribution in [2.45, 2.75) is 51.6 Å². The Labute approximate surface area is 85.9 Å². The van der Waals surface area contributed by atoms with E-state index in [1.165, 1.54) is 25.7 Å². The Morgan fingerprint density at radius 3 is 2.93 bits per heavy atom. The highest BCUT2D eigenvalue weighted by molar-refractivity contribution is 5.03. The van der Waals surface area contributed by atoms with Gasteiger partial charge in [-0.3, -0.25) is 0 Å². The molecule has 2 saturated carbocycles. The number of fused-ring (bicyclic) bond motifs is 1. The van der Waals surface area contributed by atoms with Crippen molar-refractivity contribution in [1.82, 2.24) is 0 Å². The molecule has 0 radical (unpaired) electrons. The van der Waals surface area contributed by atoms with E-state index in [-0.39, 0.29) is 17.4 Å². The van der Waals surface area contributed by atoms with Crippen LogP contribution in [0.25, 0.3) is 0 Å². The highest BCUT2D eigenvalue weighted by atomic mass is 16.3. The average Bonchev–Trinajstić information content (AvgIpc) is 2.15. The maximum atomic E-state index is 9.76. The summed E-state index contributed by atoms with van der Waals surface area (Å²) < 4.78 is 0. The Morgan fingerprint density at radius 2 is 2.21 bits per heavy atom. The molecule has 2 aliphatic rings. The molecule has 0 aromatic carbocycles. The number of rotatable bonds is 0. The number of hydrogen-bond donors (Lipinski definition) is 1. The van der Waals surface area contributed by atoms with E-state index in [0.717, 1.165) is 6.42 Å². The summed E-state index contributed by atoms with van der Waals surface area (Å²) in [5, 5.41) is 18.9. The molecule has 0 amide bonds. The van der Waals surface area contributed by atoms with E-state index in [2.05, 4.69) is 13.0 Å². The van der Waals surface area contributed by atoms with E-state index in [1.807, 2.05) is 0 Å². The first-order valence-electron chi connectivity index (χ1n) is 5.73. The van der Waals surface area contributed by atoms with Crippen molar-refractivity contribution < 1.29 is 5.11 Å². The van der Waals surface area contributed by atoms with E-state index >= 15 is 0 Å². The number of nitriles is 1. The summed E-state index contributed by atoms with van der Waals surface area (Å²) in [4.78, 5) is 0. The summed E-state index contributed by atoms with van der Waals surface area (Å²) in [6.07, 6.45) is 6.33. The molecule has 0 unspecified atom stereocenters. The SMILES string of the molecule is C[C@@]12CCCC[C@@H]1[C@H](C#N)C[C@H](O)C2. The minimum Gasteiger partial charge on any atom is -0.393 e. The van der Waals surface area contributed by atoms with Gasteiger partial charge in [-0.05, 0) is 37.0 Å². The number of aliphatic hydroxyl groups is 1. The molecule has 2 aliphatic carbocycles. The van der Waals surface area contributed by atoms with Crippen LogP contribution in [0.3, 0.4) is 0 Å². The normalized spacial score (nSPS) is 47.9. The van der Waals surface area contributed by atoms with E-state index in [4.69, 9.17) is 5.26 Å². The van der Waals surface area contributed by atoms with Gasteiger partial charge in [0.05, 0.1) is 18.1 Å². The predicted molar refractivity (Wildman–Crippen MR) is 54.4 cm³/mol. The number of nitrogens with zero attached hydrogens (tertiary/aromatic N) is 1. The highest BCUT2D eigenvalue weighted by Crippen LogP contribution is 2.52. The zero-order valence-corrected chi connectivity index (χ0v) is 8.87. The molecule has 0 heterocycles. The van der Waals surface area contributed by atoms with Gasteiger partial charge in [0.2, 0.25) is 0 Å². The second kappa shape index (κ2) is 3.55. The molecule has 0 spiro atoms. The quantitative estimate of drug-likeness (QED) is 0.642. The fourth-order valence-electron chi connectivity index (χ4n) is 3.59. The summed E-state index contributed by atoms with van der Waals surface area (Å²) >= 11 is 0. The summed E-state index contributed by atoms with van der Waals surface area (Å²) in [5.41, 5.74) is 0.246. The van der Waals surface area contributed by atoms with E-state index in [1.54, 1.807) is 0 Å². The first kappa shape index (κ1) is 9.98. The number of hydrogen-bond acceptors (Lipinski definition) is 2. The van der Waals surface area contributed by atoms with Crippen LogP contribution >= 0.6 is 0 Å². The largest absolute Gasteiger partial charge is 0.393 e. The monoisotopic (exact) mass is 193 g/mol. The van der Waals surface area contributed by atoms with Crippen LogP contribution in [-0.4, -0.2) is 11.2 Å². The van der Waals surface area contributed by atoms with Gasteiger partial charge in [0.1, 0.15) is 0 Å². The van der Waals surface area contributed by atoms with Crippen LogP contribution < -0.4 is 0 Å². The van der Waals surface area contributed by atoms with E-state index in [0.29, 0.717) is 12.3 Å². The lowest BCUT2D eigenvalue weighted by atomic mass is 9.56. The van der Waals surface area contributed by atoms with Crippen LogP contribution in [0.5, 0.6) is 0 Å². The van der Waals surface area contributed by atoms with Crippen molar-refractivity contribution in [3.63, 3.8) is 0 Å². The standard InChI is InChI=1S/C12H19NO/c1-12-5-3-2-4-11(12)9(8-13)6-10(14)7-12/h9-11,14H,2-7H2,1H3/t9-,10-,11+,12-/m0/s1. The predicted octanol–water partition coefficient (Wildman–Crippen LogP) is 2.48. The molecule has 0 aromatic rings. The molecule has 2 nitrogen and oxygen atoms in total. The lowest BCUT2D eigenvalue weighted by Crippen LogP contribution is -2.44. The van der Waals surface area contributed by atoms with Gasteiger partial charge < -0.3 is 5.11 Å². The fourth-order valence-corrected chi connectivity index (χ4v) is 3.59. The third-order valence-corrected chi connectivity index (χ3v) is 4.29. The molecule has 1 N–H and O–H groups in total. The van der Waals surface area contributed by atoms with Gasteiger partial charge in [-0.25, -0.2) is 0 Å². The van der Waals surface area contributed by atoms with Crippen molar-refractivity contribution in [3.8, 4) is 6.07 Å². The Bertz CT molecular complexity index is 258. The van der Waals surface area contributed by atoms with Gasteiger partial charge >= 0.3 is 0 Å².